The van der Waals surface area contributed by atoms with Gasteiger partial charge in [-0.1, -0.05) is 38.1 Å². The van der Waals surface area contributed by atoms with Crippen molar-refractivity contribution < 1.29 is 14.0 Å². The zero-order valence-corrected chi connectivity index (χ0v) is 15.2. The smallest absolute Gasteiger partial charge is 0.270 e. The first-order valence-corrected chi connectivity index (χ1v) is 8.92. The lowest BCUT2D eigenvalue weighted by molar-refractivity contribution is -0.683. The zero-order valence-electron chi connectivity index (χ0n) is 15.2. The summed E-state index contributed by atoms with van der Waals surface area (Å²) in [6.07, 6.45) is 4.35. The summed E-state index contributed by atoms with van der Waals surface area (Å²) in [5.74, 6) is 0.676. The first-order chi connectivity index (χ1) is 11.5. The Labute approximate surface area is 144 Å². The second-order valence-electron chi connectivity index (χ2n) is 7.39. The van der Waals surface area contributed by atoms with Crippen LogP contribution < -0.4 is 4.57 Å². The standard InChI is InChI=1S/C20H27N2O2/c1-6-23-20(24-7-2)16-14-10-8-9-11-15(14)17(19(20,3)4)22-13-12-21(5)18(16)22/h8-13,16-17H,6-7H2,1-5H3/q+1. The van der Waals surface area contributed by atoms with Gasteiger partial charge < -0.3 is 9.47 Å². The minimum Gasteiger partial charge on any atom is -0.348 e. The molecular formula is C20H27N2O2+. The number of nitrogens with zero attached hydrogens (tertiary/aromatic N) is 2. The molecule has 3 aliphatic rings. The highest BCUT2D eigenvalue weighted by Gasteiger charge is 2.70. The molecule has 0 N–H and O–H groups in total. The summed E-state index contributed by atoms with van der Waals surface area (Å²) >= 11 is 0. The normalized spacial score (nSPS) is 25.4. The van der Waals surface area contributed by atoms with Crippen molar-refractivity contribution in [2.75, 3.05) is 13.2 Å². The van der Waals surface area contributed by atoms with Gasteiger partial charge in [0.05, 0.1) is 12.5 Å². The number of hydrogen-bond donors (Lipinski definition) is 0. The van der Waals surface area contributed by atoms with Gasteiger partial charge in [-0.2, -0.15) is 0 Å². The SMILES string of the molecule is CCOC1(OCC)C2c3ccccc3C(n3cc[n+](C)c32)C1(C)C. The maximum atomic E-state index is 6.45. The lowest BCUT2D eigenvalue weighted by Crippen LogP contribution is -2.66. The fourth-order valence-electron chi connectivity index (χ4n) is 5.07. The van der Waals surface area contributed by atoms with E-state index in [1.807, 2.05) is 0 Å². The number of fused-ring (bicyclic) bond motifs is 1. The van der Waals surface area contributed by atoms with Crippen LogP contribution in [0.2, 0.25) is 0 Å². The highest BCUT2D eigenvalue weighted by atomic mass is 16.7. The van der Waals surface area contributed by atoms with Crippen molar-refractivity contribution in [2.24, 2.45) is 12.5 Å². The highest BCUT2D eigenvalue weighted by Crippen LogP contribution is 2.63. The minimum absolute atomic E-state index is 0.0635. The molecule has 0 spiro atoms. The van der Waals surface area contributed by atoms with Gasteiger partial charge in [-0.15, -0.1) is 0 Å². The Morgan fingerprint density at radius 1 is 1.08 bits per heavy atom. The number of ether oxygens (including phenoxy) is 2. The fourth-order valence-corrected chi connectivity index (χ4v) is 5.07. The summed E-state index contributed by atoms with van der Waals surface area (Å²) in [7, 11) is 2.12. The Bertz CT molecular complexity index is 772. The predicted molar refractivity (Wildman–Crippen MR) is 91.8 cm³/mol. The van der Waals surface area contributed by atoms with Gasteiger partial charge >= 0.3 is 0 Å². The summed E-state index contributed by atoms with van der Waals surface area (Å²) in [5, 5.41) is 0. The third-order valence-electron chi connectivity index (χ3n) is 5.89. The minimum atomic E-state index is -0.651. The van der Waals surface area contributed by atoms with Crippen LogP contribution >= 0.6 is 0 Å². The van der Waals surface area contributed by atoms with Crippen molar-refractivity contribution >= 4 is 0 Å². The Morgan fingerprint density at radius 2 is 1.71 bits per heavy atom. The first-order valence-electron chi connectivity index (χ1n) is 8.92. The first kappa shape index (κ1) is 15.9. The maximum Gasteiger partial charge on any atom is 0.270 e. The molecular weight excluding hydrogens is 300 g/mol. The van der Waals surface area contributed by atoms with E-state index in [9.17, 15) is 0 Å². The van der Waals surface area contributed by atoms with Gasteiger partial charge in [-0.25, -0.2) is 9.13 Å². The van der Waals surface area contributed by atoms with Crippen molar-refractivity contribution in [1.82, 2.24) is 4.57 Å². The maximum absolute atomic E-state index is 6.45. The molecule has 128 valence electrons. The van der Waals surface area contributed by atoms with E-state index in [1.54, 1.807) is 0 Å². The van der Waals surface area contributed by atoms with Crippen LogP contribution in [0.15, 0.2) is 36.7 Å². The van der Waals surface area contributed by atoms with Crippen LogP contribution in [-0.4, -0.2) is 23.6 Å². The van der Waals surface area contributed by atoms with E-state index in [0.717, 1.165) is 0 Å². The topological polar surface area (TPSA) is 27.3 Å². The average molecular weight is 327 g/mol. The Hall–Kier alpha value is -1.65. The van der Waals surface area contributed by atoms with E-state index >= 15 is 0 Å². The number of hydrogen-bond acceptors (Lipinski definition) is 2. The lowest BCUT2D eigenvalue weighted by atomic mass is 9.58. The third-order valence-corrected chi connectivity index (χ3v) is 5.89. The van der Waals surface area contributed by atoms with Gasteiger partial charge in [0.1, 0.15) is 24.4 Å². The van der Waals surface area contributed by atoms with Gasteiger partial charge in [-0.3, -0.25) is 0 Å². The molecule has 4 nitrogen and oxygen atoms in total. The Balaban J connectivity index is 2.08. The molecule has 0 fully saturated rings. The van der Waals surface area contributed by atoms with Gasteiger partial charge in [0.15, 0.2) is 5.79 Å². The van der Waals surface area contributed by atoms with E-state index in [1.165, 1.54) is 17.0 Å². The van der Waals surface area contributed by atoms with Crippen LogP contribution in [0.1, 0.15) is 56.6 Å². The zero-order chi connectivity index (χ0) is 17.1. The summed E-state index contributed by atoms with van der Waals surface area (Å²) < 4.78 is 17.5. The molecule has 3 heterocycles. The quantitative estimate of drug-likeness (QED) is 0.637. The molecule has 1 aromatic heterocycles. The molecule has 24 heavy (non-hydrogen) atoms. The van der Waals surface area contributed by atoms with E-state index in [4.69, 9.17) is 9.47 Å². The largest absolute Gasteiger partial charge is 0.348 e. The van der Waals surface area contributed by atoms with Crippen molar-refractivity contribution in [3.8, 4) is 0 Å². The number of aromatic nitrogens is 2. The van der Waals surface area contributed by atoms with E-state index in [2.05, 4.69) is 80.5 Å². The molecule has 1 aliphatic carbocycles. The molecule has 2 atom stereocenters. The average Bonchev–Trinajstić information content (AvgIpc) is 2.93. The summed E-state index contributed by atoms with van der Waals surface area (Å²) in [5.41, 5.74) is 2.55. The number of aryl methyl sites for hydroxylation is 1. The molecule has 4 heteroatoms. The number of rotatable bonds is 4. The lowest BCUT2D eigenvalue weighted by Gasteiger charge is -2.57. The molecule has 2 bridgehead atoms. The van der Waals surface area contributed by atoms with Crippen LogP contribution in [0.5, 0.6) is 0 Å². The van der Waals surface area contributed by atoms with Crippen LogP contribution in [0.25, 0.3) is 0 Å². The summed E-state index contributed by atoms with van der Waals surface area (Å²) in [4.78, 5) is 0. The second kappa shape index (κ2) is 5.17. The van der Waals surface area contributed by atoms with Crippen LogP contribution in [0.4, 0.5) is 0 Å². The van der Waals surface area contributed by atoms with Crippen molar-refractivity contribution in [1.29, 1.82) is 0 Å². The molecule has 2 aromatic rings. The fraction of sp³-hybridized carbons (Fsp3) is 0.550. The van der Waals surface area contributed by atoms with Gasteiger partial charge in [0.25, 0.3) is 5.82 Å². The summed E-state index contributed by atoms with van der Waals surface area (Å²) in [6, 6.07) is 8.97. The van der Waals surface area contributed by atoms with Crippen molar-refractivity contribution in [3.63, 3.8) is 0 Å². The van der Waals surface area contributed by atoms with Gasteiger partial charge in [0.2, 0.25) is 0 Å². The molecule has 5 rings (SSSR count). The van der Waals surface area contributed by atoms with E-state index in [-0.39, 0.29) is 17.4 Å². The van der Waals surface area contributed by atoms with E-state index in [0.29, 0.717) is 13.2 Å². The van der Waals surface area contributed by atoms with Crippen molar-refractivity contribution in [3.05, 3.63) is 53.6 Å². The number of imidazole rings is 1. The molecule has 2 unspecified atom stereocenters. The summed E-state index contributed by atoms with van der Waals surface area (Å²) in [6.45, 7) is 9.97. The molecule has 1 aromatic carbocycles. The Kier molecular flexibility index (Phi) is 3.42. The van der Waals surface area contributed by atoms with Crippen molar-refractivity contribution in [2.45, 2.75) is 45.4 Å². The van der Waals surface area contributed by atoms with E-state index < -0.39 is 5.79 Å². The van der Waals surface area contributed by atoms with Crippen LogP contribution in [-0.2, 0) is 16.5 Å². The monoisotopic (exact) mass is 327 g/mol. The van der Waals surface area contributed by atoms with Crippen LogP contribution in [0.3, 0.4) is 0 Å². The predicted octanol–water partition coefficient (Wildman–Crippen LogP) is 3.16. The number of benzene rings is 1. The van der Waals surface area contributed by atoms with Gasteiger partial charge in [0, 0.05) is 18.8 Å². The molecule has 0 saturated carbocycles. The molecule has 0 saturated heterocycles. The molecule has 0 radical (unpaired) electrons. The van der Waals surface area contributed by atoms with Crippen LogP contribution in [0, 0.1) is 5.41 Å². The molecule has 0 amide bonds. The molecule has 2 aliphatic heterocycles. The van der Waals surface area contributed by atoms with Gasteiger partial charge in [-0.05, 0) is 19.4 Å². The highest BCUT2D eigenvalue weighted by molar-refractivity contribution is 5.47. The Morgan fingerprint density at radius 3 is 2.33 bits per heavy atom. The second-order valence-corrected chi connectivity index (χ2v) is 7.39. The third kappa shape index (κ3) is 1.68.